The first-order chi connectivity index (χ1) is 24.8. The second-order valence-electron chi connectivity index (χ2n) is 11.5. The van der Waals surface area contributed by atoms with Crippen LogP contribution >= 0.6 is 0 Å². The molecule has 1 aliphatic rings. The Labute approximate surface area is 297 Å². The molecule has 0 atom stereocenters. The predicted molar refractivity (Wildman–Crippen MR) is 175 cm³/mol. The van der Waals surface area contributed by atoms with Gasteiger partial charge in [0.1, 0.15) is 18.0 Å². The van der Waals surface area contributed by atoms with Gasteiger partial charge >= 0.3 is 18.3 Å². The molecule has 290 valence electrons. The molecule has 3 aromatic heterocycles. The zero-order valence-corrected chi connectivity index (χ0v) is 28.5. The van der Waals surface area contributed by atoms with E-state index in [9.17, 15) is 35.9 Å². The highest BCUT2D eigenvalue weighted by Gasteiger charge is 2.38. The number of imidazole rings is 1. The van der Waals surface area contributed by atoms with E-state index in [1.165, 1.54) is 4.90 Å². The minimum absolute atomic E-state index is 0.101. The van der Waals surface area contributed by atoms with Crippen LogP contribution < -0.4 is 31.4 Å². The number of hydrogen-bond acceptors (Lipinski definition) is 10. The van der Waals surface area contributed by atoms with Crippen molar-refractivity contribution in [3.63, 3.8) is 0 Å². The Morgan fingerprint density at radius 3 is 2.26 bits per heavy atom. The van der Waals surface area contributed by atoms with E-state index in [2.05, 4.69) is 41.2 Å². The second kappa shape index (κ2) is 17.8. The van der Waals surface area contributed by atoms with E-state index in [1.54, 1.807) is 12.3 Å². The van der Waals surface area contributed by atoms with Gasteiger partial charge in [-0.25, -0.2) is 23.9 Å². The predicted octanol–water partition coefficient (Wildman–Crippen LogP) is 1.07. The lowest BCUT2D eigenvalue weighted by molar-refractivity contribution is -0.676. The minimum Gasteiger partial charge on any atom is -0.542 e. The number of nitrogens with one attached hydrogen (secondary N) is 2. The molecule has 7 N–H and O–H groups in total. The van der Waals surface area contributed by atoms with E-state index in [0.717, 1.165) is 55.7 Å². The number of anilines is 2. The van der Waals surface area contributed by atoms with Crippen LogP contribution in [0.5, 0.6) is 0 Å². The maximum atomic E-state index is 13.0. The third-order valence-electron chi connectivity index (χ3n) is 8.00. The number of carbonyl (C=O) groups is 4. The number of nitrogen functional groups attached to an aromatic ring is 1. The van der Waals surface area contributed by atoms with E-state index in [4.69, 9.17) is 31.3 Å². The van der Waals surface area contributed by atoms with E-state index in [0.29, 0.717) is 48.2 Å². The maximum Gasteiger partial charge on any atom is 0.490 e. The standard InChI is InChI=1S/C27H36N10O2.2C2HF3O2/c1-3-36-21-6-5-18(27(39)31-11-14-34-12-8-19(28)9-13-34)15-22(21)37(4-2)23(36)16-35(17-38)26-24(29)33-25-20(32-26)7-10-30-25;2*3-2(4,5)1(6)7/h5-7,10,15,17,19H,3-4,8-9,11-14,16,28H2,1-2H3,(H3-,29,30,31,32,33,39);2*(H,6,7). The van der Waals surface area contributed by atoms with Crippen LogP contribution in [0, 0.1) is 0 Å². The van der Waals surface area contributed by atoms with Crippen LogP contribution in [0.1, 0.15) is 42.9 Å². The molecule has 0 saturated carbocycles. The molecular weight excluding hydrogens is 722 g/mol. The van der Waals surface area contributed by atoms with Gasteiger partial charge in [0.05, 0.1) is 13.1 Å². The first kappa shape index (κ1) is 41.9. The first-order valence-corrected chi connectivity index (χ1v) is 16.0. The van der Waals surface area contributed by atoms with Crippen molar-refractivity contribution in [2.24, 2.45) is 5.73 Å². The number of nitrogens with zero attached hydrogens (tertiary/aromatic N) is 6. The number of aromatic nitrogens is 5. The summed E-state index contributed by atoms with van der Waals surface area (Å²) in [6.45, 7) is 9.04. The van der Waals surface area contributed by atoms with Crippen LogP contribution in [0.2, 0.25) is 0 Å². The second-order valence-corrected chi connectivity index (χ2v) is 11.5. The number of carboxylic acids is 2. The summed E-state index contributed by atoms with van der Waals surface area (Å²) in [5.74, 6) is -4.48. The van der Waals surface area contributed by atoms with Gasteiger partial charge in [0, 0.05) is 37.0 Å². The Morgan fingerprint density at radius 2 is 1.74 bits per heavy atom. The van der Waals surface area contributed by atoms with Gasteiger partial charge in [-0.3, -0.25) is 14.5 Å². The van der Waals surface area contributed by atoms with Crippen LogP contribution in [0.4, 0.5) is 38.0 Å². The van der Waals surface area contributed by atoms with Gasteiger partial charge in [-0.2, -0.15) is 26.3 Å². The molecule has 16 nitrogen and oxygen atoms in total. The van der Waals surface area contributed by atoms with Crippen molar-refractivity contribution in [3.8, 4) is 0 Å². The zero-order valence-electron chi connectivity index (χ0n) is 28.5. The highest BCUT2D eigenvalue weighted by Crippen LogP contribution is 2.24. The van der Waals surface area contributed by atoms with Crippen molar-refractivity contribution in [3.05, 3.63) is 41.9 Å². The van der Waals surface area contributed by atoms with Crippen LogP contribution in [0.25, 0.3) is 22.2 Å². The monoisotopic (exact) mass is 760 g/mol. The lowest BCUT2D eigenvalue weighted by Crippen LogP contribution is -2.43. The normalized spacial score (nSPS) is 13.8. The number of hydrogen-bond donors (Lipinski definition) is 5. The number of halogens is 6. The molecule has 4 heterocycles. The van der Waals surface area contributed by atoms with Gasteiger partial charge < -0.3 is 41.7 Å². The summed E-state index contributed by atoms with van der Waals surface area (Å²) in [6.07, 6.45) is -5.82. The average Bonchev–Trinajstić information content (AvgIpc) is 3.67. The number of carbonyl (C=O) groups excluding carboxylic acids is 3. The van der Waals surface area contributed by atoms with Crippen LogP contribution in [0.15, 0.2) is 30.5 Å². The molecule has 22 heteroatoms. The number of piperidine rings is 1. The van der Waals surface area contributed by atoms with E-state index in [-0.39, 0.29) is 18.3 Å². The van der Waals surface area contributed by atoms with Gasteiger partial charge in [-0.15, -0.1) is 0 Å². The van der Waals surface area contributed by atoms with Crippen molar-refractivity contribution in [2.45, 2.75) is 64.7 Å². The highest BCUT2D eigenvalue weighted by molar-refractivity contribution is 5.97. The SMILES string of the molecule is CCn1c(CN(C=O)c2nc3cc[nH]c3nc2N)[n+](CC)c2ccc(C(=O)NCCN3CCC(N)CC3)cc21.O=C(O)C(F)(F)F.O=C([O-])C(F)(F)F. The number of aryl methyl sites for hydroxylation is 2. The molecule has 2 amide bonds. The number of alkyl halides is 6. The molecule has 4 aromatic rings. The number of rotatable bonds is 10. The first-order valence-electron chi connectivity index (χ1n) is 16.0. The number of likely N-dealkylation sites (tertiary alicyclic amines) is 1. The molecule has 1 fully saturated rings. The number of fused-ring (bicyclic) bond motifs is 2. The average molecular weight is 761 g/mol. The van der Waals surface area contributed by atoms with Gasteiger partial charge in [-0.1, -0.05) is 0 Å². The Bertz CT molecular complexity index is 1880. The maximum absolute atomic E-state index is 13.0. The molecule has 0 bridgehead atoms. The smallest absolute Gasteiger partial charge is 0.490 e. The third-order valence-corrected chi connectivity index (χ3v) is 8.00. The molecule has 5 rings (SSSR count). The van der Waals surface area contributed by atoms with Crippen LogP contribution in [-0.2, 0) is 34.0 Å². The topological polar surface area (TPSA) is 232 Å². The lowest BCUT2D eigenvalue weighted by atomic mass is 10.1. The molecule has 0 spiro atoms. The summed E-state index contributed by atoms with van der Waals surface area (Å²) in [6, 6.07) is 7.84. The quantitative estimate of drug-likeness (QED) is 0.0872. The summed E-state index contributed by atoms with van der Waals surface area (Å²) in [5.41, 5.74) is 15.9. The molecule has 1 aromatic carbocycles. The van der Waals surface area contributed by atoms with Crippen molar-refractivity contribution >= 4 is 58.1 Å². The molecule has 0 radical (unpaired) electrons. The molecule has 53 heavy (non-hydrogen) atoms. The summed E-state index contributed by atoms with van der Waals surface area (Å²) in [4.78, 5) is 58.7. The largest absolute Gasteiger partial charge is 0.542 e. The van der Waals surface area contributed by atoms with Gasteiger partial charge in [0.25, 0.3) is 11.7 Å². The summed E-state index contributed by atoms with van der Waals surface area (Å²) in [5, 5.41) is 19.0. The zero-order chi connectivity index (χ0) is 39.7. The van der Waals surface area contributed by atoms with Gasteiger partial charge in [0.2, 0.25) is 6.41 Å². The van der Waals surface area contributed by atoms with Crippen molar-refractivity contribution in [1.29, 1.82) is 0 Å². The van der Waals surface area contributed by atoms with E-state index >= 15 is 0 Å². The Morgan fingerprint density at radius 1 is 1.11 bits per heavy atom. The summed E-state index contributed by atoms with van der Waals surface area (Å²) < 4.78 is 67.6. The highest BCUT2D eigenvalue weighted by atomic mass is 19.4. The summed E-state index contributed by atoms with van der Waals surface area (Å²) in [7, 11) is 0. The Hall–Kier alpha value is -5.51. The number of aliphatic carboxylic acids is 2. The molecular formula is C31H38F6N10O6. The lowest BCUT2D eigenvalue weighted by Gasteiger charge is -2.29. The van der Waals surface area contributed by atoms with E-state index < -0.39 is 24.3 Å². The van der Waals surface area contributed by atoms with Crippen molar-refractivity contribution in [2.75, 3.05) is 36.8 Å². The van der Waals surface area contributed by atoms with Gasteiger partial charge in [0.15, 0.2) is 28.3 Å². The van der Waals surface area contributed by atoms with Gasteiger partial charge in [-0.05, 0) is 58.0 Å². The molecule has 0 aliphatic carbocycles. The number of amides is 2. The Balaban J connectivity index is 0.000000458. The fraction of sp³-hybridized carbons (Fsp3) is 0.452. The number of H-pyrrole nitrogens is 1. The fourth-order valence-electron chi connectivity index (χ4n) is 5.42. The minimum atomic E-state index is -5.19. The number of carboxylic acid groups (broad SMARTS) is 2. The van der Waals surface area contributed by atoms with Crippen LogP contribution in [-0.4, -0.2) is 98.4 Å². The molecule has 0 unspecified atom stereocenters. The number of nitrogens with two attached hydrogens (primary N) is 2. The molecule has 1 aliphatic heterocycles. The van der Waals surface area contributed by atoms with E-state index in [1.807, 2.05) is 25.1 Å². The third kappa shape index (κ3) is 11.0. The van der Waals surface area contributed by atoms with Crippen LogP contribution in [0.3, 0.4) is 0 Å². The van der Waals surface area contributed by atoms with Crippen molar-refractivity contribution < 1.29 is 60.3 Å². The summed E-state index contributed by atoms with van der Waals surface area (Å²) >= 11 is 0. The molecule has 1 saturated heterocycles. The number of aromatic amines is 1. The Kier molecular flexibility index (Phi) is 14.1. The van der Waals surface area contributed by atoms with Crippen molar-refractivity contribution in [1.82, 2.24) is 29.7 Å². The number of benzene rings is 1. The fourth-order valence-corrected chi connectivity index (χ4v) is 5.42.